The quantitative estimate of drug-likeness (QED) is 0.341. The molecule has 0 saturated heterocycles. The smallest absolute Gasteiger partial charge is 0.338 e. The molecule has 0 aliphatic heterocycles. The Balaban J connectivity index is 1.76. The van der Waals surface area contributed by atoms with Gasteiger partial charge in [0.05, 0.1) is 9.82 Å². The van der Waals surface area contributed by atoms with E-state index in [9.17, 15) is 23.3 Å². The van der Waals surface area contributed by atoms with E-state index in [0.717, 1.165) is 0 Å². The van der Waals surface area contributed by atoms with Gasteiger partial charge in [-0.15, -0.1) is 0 Å². The third-order valence-electron chi connectivity index (χ3n) is 4.20. The highest BCUT2D eigenvalue weighted by Crippen LogP contribution is 2.25. The number of hydrogen-bond acceptors (Lipinski definition) is 7. The van der Waals surface area contributed by atoms with E-state index in [-0.39, 0.29) is 27.8 Å². The Morgan fingerprint density at radius 3 is 2.30 bits per heavy atom. The third kappa shape index (κ3) is 4.61. The molecule has 0 bridgehead atoms. The molecule has 3 aromatic rings. The Morgan fingerprint density at radius 2 is 1.73 bits per heavy atom. The minimum atomic E-state index is -3.82. The standard InChI is InChI=1S/C20H17N3O6S/c1-13-20(23(25)26)19(29-21-13)12-5-15-3-10-18(11-4-15)30(27,28)22-17-8-6-16(7-9-17)14(2)24/h3-12,22H,1-2H3. The van der Waals surface area contributed by atoms with Crippen LogP contribution in [-0.2, 0) is 10.0 Å². The Kier molecular flexibility index (Phi) is 5.79. The van der Waals surface area contributed by atoms with Crippen molar-refractivity contribution in [1.29, 1.82) is 0 Å². The summed E-state index contributed by atoms with van der Waals surface area (Å²) in [7, 11) is -3.82. The summed E-state index contributed by atoms with van der Waals surface area (Å²) >= 11 is 0. The summed E-state index contributed by atoms with van der Waals surface area (Å²) in [6, 6.07) is 12.0. The van der Waals surface area contributed by atoms with Crippen LogP contribution in [0.3, 0.4) is 0 Å². The lowest BCUT2D eigenvalue weighted by atomic mass is 10.1. The monoisotopic (exact) mass is 427 g/mol. The second kappa shape index (κ2) is 8.29. The average molecular weight is 427 g/mol. The molecule has 3 rings (SSSR count). The van der Waals surface area contributed by atoms with Gasteiger partial charge in [-0.2, -0.15) is 0 Å². The predicted molar refractivity (Wildman–Crippen MR) is 111 cm³/mol. The van der Waals surface area contributed by atoms with E-state index in [1.807, 2.05) is 0 Å². The van der Waals surface area contributed by atoms with Gasteiger partial charge in [0.1, 0.15) is 0 Å². The van der Waals surface area contributed by atoms with Crippen molar-refractivity contribution in [1.82, 2.24) is 5.16 Å². The molecule has 1 heterocycles. The van der Waals surface area contributed by atoms with Gasteiger partial charge >= 0.3 is 5.69 Å². The van der Waals surface area contributed by atoms with Crippen LogP contribution >= 0.6 is 0 Å². The van der Waals surface area contributed by atoms with E-state index in [1.54, 1.807) is 30.3 Å². The number of anilines is 1. The van der Waals surface area contributed by atoms with Crippen LogP contribution in [0.2, 0.25) is 0 Å². The fourth-order valence-electron chi connectivity index (χ4n) is 2.63. The molecule has 0 saturated carbocycles. The second-order valence-electron chi connectivity index (χ2n) is 6.38. The number of nitro groups is 1. The minimum Gasteiger partial charge on any atom is -0.349 e. The zero-order valence-electron chi connectivity index (χ0n) is 16.0. The van der Waals surface area contributed by atoms with Gasteiger partial charge in [-0.3, -0.25) is 19.6 Å². The SMILES string of the molecule is CC(=O)c1ccc(NS(=O)(=O)c2ccc(C=Cc3onc(C)c3[N+](=O)[O-])cc2)cc1. The van der Waals surface area contributed by atoms with Crippen molar-refractivity contribution in [2.24, 2.45) is 0 Å². The molecule has 1 aromatic heterocycles. The highest BCUT2D eigenvalue weighted by molar-refractivity contribution is 7.92. The molecule has 0 aliphatic rings. The van der Waals surface area contributed by atoms with Crippen molar-refractivity contribution in [3.05, 3.63) is 81.2 Å². The summed E-state index contributed by atoms with van der Waals surface area (Å²) in [6.07, 6.45) is 2.95. The van der Waals surface area contributed by atoms with E-state index in [4.69, 9.17) is 4.52 Å². The van der Waals surface area contributed by atoms with Crippen molar-refractivity contribution in [3.63, 3.8) is 0 Å². The Morgan fingerprint density at radius 1 is 1.10 bits per heavy atom. The van der Waals surface area contributed by atoms with E-state index >= 15 is 0 Å². The number of aryl methyl sites for hydroxylation is 1. The van der Waals surface area contributed by atoms with Crippen LogP contribution in [-0.4, -0.2) is 24.3 Å². The fourth-order valence-corrected chi connectivity index (χ4v) is 3.69. The van der Waals surface area contributed by atoms with Crippen LogP contribution in [0.1, 0.15) is 34.3 Å². The van der Waals surface area contributed by atoms with E-state index in [1.165, 1.54) is 44.2 Å². The number of carbonyl (C=O) groups excluding carboxylic acids is 1. The summed E-state index contributed by atoms with van der Waals surface area (Å²) in [5, 5.41) is 14.6. The lowest BCUT2D eigenvalue weighted by molar-refractivity contribution is -0.386. The first-order valence-electron chi connectivity index (χ1n) is 8.70. The molecule has 2 aromatic carbocycles. The molecule has 1 N–H and O–H groups in total. The molecule has 10 heteroatoms. The molecule has 154 valence electrons. The topological polar surface area (TPSA) is 132 Å². The number of benzene rings is 2. The van der Waals surface area contributed by atoms with Crippen molar-refractivity contribution in [2.45, 2.75) is 18.7 Å². The maximum absolute atomic E-state index is 12.5. The number of ketones is 1. The van der Waals surface area contributed by atoms with E-state index < -0.39 is 14.9 Å². The fraction of sp³-hybridized carbons (Fsp3) is 0.100. The number of hydrogen-bond donors (Lipinski definition) is 1. The highest BCUT2D eigenvalue weighted by Gasteiger charge is 2.22. The zero-order chi connectivity index (χ0) is 21.9. The molecule has 0 unspecified atom stereocenters. The summed E-state index contributed by atoms with van der Waals surface area (Å²) in [4.78, 5) is 21.8. The largest absolute Gasteiger partial charge is 0.349 e. The Bertz CT molecular complexity index is 1230. The van der Waals surface area contributed by atoms with Crippen molar-refractivity contribution in [3.8, 4) is 0 Å². The van der Waals surface area contributed by atoms with Crippen molar-refractivity contribution in [2.75, 3.05) is 4.72 Å². The Hall–Kier alpha value is -3.79. The van der Waals surface area contributed by atoms with Crippen LogP contribution in [0.4, 0.5) is 11.4 Å². The van der Waals surface area contributed by atoms with Gasteiger partial charge in [0.15, 0.2) is 11.5 Å². The normalized spacial score (nSPS) is 11.5. The number of nitrogens with one attached hydrogen (secondary N) is 1. The van der Waals surface area contributed by atoms with Gasteiger partial charge < -0.3 is 4.52 Å². The first-order valence-corrected chi connectivity index (χ1v) is 10.2. The highest BCUT2D eigenvalue weighted by atomic mass is 32.2. The molecule has 0 spiro atoms. The first-order chi connectivity index (χ1) is 14.2. The van der Waals surface area contributed by atoms with Crippen LogP contribution in [0, 0.1) is 17.0 Å². The summed E-state index contributed by atoms with van der Waals surface area (Å²) in [5.41, 5.74) is 1.38. The molecular weight excluding hydrogens is 410 g/mol. The van der Waals surface area contributed by atoms with Gasteiger partial charge in [0, 0.05) is 11.3 Å². The van der Waals surface area contributed by atoms with Gasteiger partial charge in [-0.25, -0.2) is 8.42 Å². The molecule has 0 radical (unpaired) electrons. The number of carbonyl (C=O) groups is 1. The van der Waals surface area contributed by atoms with Gasteiger partial charge in [-0.05, 0) is 61.9 Å². The zero-order valence-corrected chi connectivity index (χ0v) is 16.8. The molecule has 30 heavy (non-hydrogen) atoms. The summed E-state index contributed by atoms with van der Waals surface area (Å²) in [6.45, 7) is 2.90. The lowest BCUT2D eigenvalue weighted by Crippen LogP contribution is -2.12. The predicted octanol–water partition coefficient (Wildman–Crippen LogP) is 4.07. The third-order valence-corrected chi connectivity index (χ3v) is 5.60. The Labute approximate surface area is 172 Å². The lowest BCUT2D eigenvalue weighted by Gasteiger charge is -2.08. The van der Waals surface area contributed by atoms with Crippen LogP contribution in [0.5, 0.6) is 0 Å². The van der Waals surface area contributed by atoms with E-state index in [2.05, 4.69) is 9.88 Å². The minimum absolute atomic E-state index is 0.00451. The molecule has 0 fully saturated rings. The maximum atomic E-state index is 12.5. The second-order valence-corrected chi connectivity index (χ2v) is 8.06. The summed E-state index contributed by atoms with van der Waals surface area (Å²) in [5.74, 6) is -0.108. The average Bonchev–Trinajstić information content (AvgIpc) is 3.07. The molecular formula is C20H17N3O6S. The van der Waals surface area contributed by atoms with Crippen LogP contribution < -0.4 is 4.72 Å². The van der Waals surface area contributed by atoms with Gasteiger partial charge in [0.25, 0.3) is 10.0 Å². The molecule has 0 aliphatic carbocycles. The maximum Gasteiger partial charge on any atom is 0.338 e. The number of rotatable bonds is 7. The number of aromatic nitrogens is 1. The van der Waals surface area contributed by atoms with Gasteiger partial charge in [0.2, 0.25) is 5.76 Å². The van der Waals surface area contributed by atoms with Gasteiger partial charge in [-0.1, -0.05) is 23.4 Å². The summed E-state index contributed by atoms with van der Waals surface area (Å²) < 4.78 is 32.5. The molecule has 0 amide bonds. The number of sulfonamides is 1. The molecule has 9 nitrogen and oxygen atoms in total. The van der Waals surface area contributed by atoms with E-state index in [0.29, 0.717) is 16.8 Å². The first kappa shape index (κ1) is 20.9. The van der Waals surface area contributed by atoms with Crippen LogP contribution in [0.25, 0.3) is 12.2 Å². The number of Topliss-reactive ketones (excluding diaryl/α,β-unsaturated/α-hetero) is 1. The number of nitrogens with zero attached hydrogens (tertiary/aromatic N) is 2. The van der Waals surface area contributed by atoms with Crippen molar-refractivity contribution >= 4 is 39.3 Å². The van der Waals surface area contributed by atoms with Crippen molar-refractivity contribution < 1.29 is 22.7 Å². The van der Waals surface area contributed by atoms with Crippen LogP contribution in [0.15, 0.2) is 57.9 Å². The molecule has 0 atom stereocenters.